The van der Waals surface area contributed by atoms with E-state index in [-0.39, 0.29) is 28.4 Å². The maximum Gasteiger partial charge on any atom is 0.246 e. The van der Waals surface area contributed by atoms with E-state index in [0.717, 1.165) is 25.7 Å². The summed E-state index contributed by atoms with van der Waals surface area (Å²) in [6.07, 6.45) is 5.09. The molecule has 0 spiro atoms. The summed E-state index contributed by atoms with van der Waals surface area (Å²) in [6.45, 7) is 1.09. The lowest BCUT2D eigenvalue weighted by Gasteiger charge is -2.40. The largest absolute Gasteiger partial charge is 0.367 e. The molecule has 156 valence electrons. The van der Waals surface area contributed by atoms with Gasteiger partial charge in [-0.05, 0) is 37.0 Å². The van der Waals surface area contributed by atoms with Crippen molar-refractivity contribution < 1.29 is 21.6 Å². The van der Waals surface area contributed by atoms with Crippen LogP contribution in [0.15, 0.2) is 28.0 Å². The van der Waals surface area contributed by atoms with Crippen LogP contribution in [0.4, 0.5) is 5.69 Å². The minimum absolute atomic E-state index is 0.00639. The Morgan fingerprint density at radius 1 is 1.18 bits per heavy atom. The lowest BCUT2D eigenvalue weighted by atomic mass is 9.87. The Kier molecular flexibility index (Phi) is 5.43. The fourth-order valence-electron chi connectivity index (χ4n) is 4.32. The molecule has 2 atom stereocenters. The van der Waals surface area contributed by atoms with Crippen molar-refractivity contribution in [2.45, 2.75) is 53.5 Å². The zero-order chi connectivity index (χ0) is 19.9. The molecule has 0 amide bonds. The molecule has 0 bridgehead atoms. The Balaban J connectivity index is 1.68. The van der Waals surface area contributed by atoms with Crippen LogP contribution in [0.25, 0.3) is 0 Å². The molecule has 0 radical (unpaired) electrons. The van der Waals surface area contributed by atoms with Gasteiger partial charge in [0.05, 0.1) is 23.4 Å². The molecule has 2 unspecified atom stereocenters. The Hall–Kier alpha value is -1.20. The number of sulfone groups is 1. The maximum atomic E-state index is 13.2. The molecule has 1 aromatic rings. The second kappa shape index (κ2) is 7.56. The summed E-state index contributed by atoms with van der Waals surface area (Å²) in [4.78, 5) is -0.0262. The van der Waals surface area contributed by atoms with Crippen LogP contribution in [0, 0.1) is 5.92 Å². The molecule has 3 aliphatic rings. The van der Waals surface area contributed by atoms with Crippen molar-refractivity contribution >= 4 is 25.5 Å². The van der Waals surface area contributed by atoms with E-state index in [9.17, 15) is 16.8 Å². The molecule has 2 aliphatic heterocycles. The number of ether oxygens (including phenoxy) is 1. The molecule has 4 rings (SSSR count). The SMILES string of the molecule is CN1C(C2CCCCC2)Nc2ccc(S(=O)(=O)C3CNCCO3)cc2S1(=O)=O. The third kappa shape index (κ3) is 3.45. The number of nitrogens with one attached hydrogen (secondary N) is 2. The molecule has 2 N–H and O–H groups in total. The van der Waals surface area contributed by atoms with Crippen LogP contribution in [0.2, 0.25) is 0 Å². The normalized spacial score (nSPS) is 29.0. The predicted octanol–water partition coefficient (Wildman–Crippen LogP) is 1.36. The first-order valence-electron chi connectivity index (χ1n) is 9.76. The quantitative estimate of drug-likeness (QED) is 0.747. The van der Waals surface area contributed by atoms with Crippen LogP contribution in [0.1, 0.15) is 32.1 Å². The maximum absolute atomic E-state index is 13.2. The van der Waals surface area contributed by atoms with E-state index < -0.39 is 25.3 Å². The number of nitrogens with zero attached hydrogens (tertiary/aromatic N) is 1. The van der Waals surface area contributed by atoms with Gasteiger partial charge in [0.2, 0.25) is 19.9 Å². The average molecular weight is 430 g/mol. The van der Waals surface area contributed by atoms with Gasteiger partial charge >= 0.3 is 0 Å². The molecular weight excluding hydrogens is 402 g/mol. The first-order chi connectivity index (χ1) is 13.3. The minimum Gasteiger partial charge on any atom is -0.367 e. The van der Waals surface area contributed by atoms with Crippen molar-refractivity contribution in [3.8, 4) is 0 Å². The Labute approximate surface area is 166 Å². The molecule has 28 heavy (non-hydrogen) atoms. The molecule has 10 heteroatoms. The summed E-state index contributed by atoms with van der Waals surface area (Å²) >= 11 is 0. The van der Waals surface area contributed by atoms with E-state index in [2.05, 4.69) is 10.6 Å². The van der Waals surface area contributed by atoms with E-state index in [0.29, 0.717) is 18.8 Å². The number of hydrogen-bond donors (Lipinski definition) is 2. The topological polar surface area (TPSA) is 105 Å². The highest BCUT2D eigenvalue weighted by molar-refractivity contribution is 7.92. The van der Waals surface area contributed by atoms with Crippen molar-refractivity contribution in [3.05, 3.63) is 18.2 Å². The number of fused-ring (bicyclic) bond motifs is 1. The molecular formula is C18H27N3O5S2. The van der Waals surface area contributed by atoms with Crippen molar-refractivity contribution in [1.29, 1.82) is 0 Å². The predicted molar refractivity (Wildman–Crippen MR) is 105 cm³/mol. The summed E-state index contributed by atoms with van der Waals surface area (Å²) in [6, 6.07) is 4.30. The third-order valence-electron chi connectivity index (χ3n) is 5.97. The third-order valence-corrected chi connectivity index (χ3v) is 9.75. The van der Waals surface area contributed by atoms with E-state index in [1.165, 1.54) is 22.9 Å². The molecule has 1 aliphatic carbocycles. The average Bonchev–Trinajstić information content (AvgIpc) is 2.72. The standard InChI is InChI=1S/C18H27N3O5S2/c1-21-18(13-5-3-2-4-6-13)20-15-8-7-14(11-16(15)28(21,24)25)27(22,23)17-12-19-9-10-26-17/h7-8,11,13,17-20H,2-6,9-10,12H2,1H3. The fraction of sp³-hybridized carbons (Fsp3) is 0.667. The van der Waals surface area contributed by atoms with Crippen LogP contribution in [-0.2, 0) is 24.6 Å². The molecule has 1 aromatic carbocycles. The number of hydrogen-bond acceptors (Lipinski definition) is 7. The number of anilines is 1. The number of rotatable bonds is 3. The Morgan fingerprint density at radius 3 is 2.61 bits per heavy atom. The van der Waals surface area contributed by atoms with Crippen LogP contribution in [0.3, 0.4) is 0 Å². The van der Waals surface area contributed by atoms with Crippen LogP contribution < -0.4 is 10.6 Å². The highest BCUT2D eigenvalue weighted by Crippen LogP contribution is 2.38. The lowest BCUT2D eigenvalue weighted by molar-refractivity contribution is 0.0785. The van der Waals surface area contributed by atoms with Gasteiger partial charge in [0.1, 0.15) is 4.90 Å². The van der Waals surface area contributed by atoms with Crippen molar-refractivity contribution in [2.75, 3.05) is 32.1 Å². The summed E-state index contributed by atoms with van der Waals surface area (Å²) in [7, 11) is -6.01. The summed E-state index contributed by atoms with van der Waals surface area (Å²) in [5.41, 5.74) is -0.540. The Bertz CT molecular complexity index is 936. The highest BCUT2D eigenvalue weighted by Gasteiger charge is 2.41. The van der Waals surface area contributed by atoms with Gasteiger partial charge in [-0.25, -0.2) is 16.8 Å². The lowest BCUT2D eigenvalue weighted by Crippen LogP contribution is -2.50. The second-order valence-corrected chi connectivity index (χ2v) is 11.8. The first-order valence-corrected chi connectivity index (χ1v) is 12.8. The zero-order valence-corrected chi connectivity index (χ0v) is 17.6. The van der Waals surface area contributed by atoms with Crippen molar-refractivity contribution in [2.24, 2.45) is 5.92 Å². The second-order valence-electron chi connectivity index (χ2n) is 7.72. The molecule has 8 nitrogen and oxygen atoms in total. The van der Waals surface area contributed by atoms with E-state index in [1.807, 2.05) is 0 Å². The van der Waals surface area contributed by atoms with E-state index in [4.69, 9.17) is 4.74 Å². The number of sulfonamides is 1. The fourth-order valence-corrected chi connectivity index (χ4v) is 7.37. The van der Waals surface area contributed by atoms with Gasteiger partial charge in [-0.1, -0.05) is 19.3 Å². The highest BCUT2D eigenvalue weighted by atomic mass is 32.2. The van der Waals surface area contributed by atoms with Gasteiger partial charge in [-0.2, -0.15) is 4.31 Å². The Morgan fingerprint density at radius 2 is 1.93 bits per heavy atom. The summed E-state index contributed by atoms with van der Waals surface area (Å²) in [5.74, 6) is 0.256. The molecule has 2 heterocycles. The van der Waals surface area contributed by atoms with Crippen LogP contribution >= 0.6 is 0 Å². The van der Waals surface area contributed by atoms with Crippen molar-refractivity contribution in [1.82, 2.24) is 9.62 Å². The van der Waals surface area contributed by atoms with Crippen LogP contribution in [0.5, 0.6) is 0 Å². The monoisotopic (exact) mass is 429 g/mol. The van der Waals surface area contributed by atoms with E-state index >= 15 is 0 Å². The molecule has 1 saturated heterocycles. The minimum atomic E-state index is -3.79. The number of benzene rings is 1. The van der Waals surface area contributed by atoms with Crippen molar-refractivity contribution in [3.63, 3.8) is 0 Å². The number of morpholine rings is 1. The summed E-state index contributed by atoms with van der Waals surface area (Å²) in [5, 5.41) is 6.33. The van der Waals surface area contributed by atoms with Gasteiger partial charge in [0.15, 0.2) is 5.44 Å². The first kappa shape index (κ1) is 20.1. The summed E-state index contributed by atoms with van der Waals surface area (Å²) < 4.78 is 58.8. The van der Waals surface area contributed by atoms with Gasteiger partial charge in [-0.15, -0.1) is 0 Å². The molecule has 1 saturated carbocycles. The van der Waals surface area contributed by atoms with Gasteiger partial charge < -0.3 is 15.4 Å². The van der Waals surface area contributed by atoms with Gasteiger partial charge in [-0.3, -0.25) is 0 Å². The van der Waals surface area contributed by atoms with Crippen LogP contribution in [-0.4, -0.2) is 59.5 Å². The van der Waals surface area contributed by atoms with Gasteiger partial charge in [0.25, 0.3) is 0 Å². The van der Waals surface area contributed by atoms with Gasteiger partial charge in [0, 0.05) is 20.1 Å². The smallest absolute Gasteiger partial charge is 0.246 e. The molecule has 2 fully saturated rings. The molecule has 0 aromatic heterocycles. The van der Waals surface area contributed by atoms with E-state index in [1.54, 1.807) is 13.1 Å². The zero-order valence-electron chi connectivity index (χ0n) is 15.9.